The van der Waals surface area contributed by atoms with Gasteiger partial charge in [-0.1, -0.05) is 0 Å². The highest BCUT2D eigenvalue weighted by Crippen LogP contribution is 2.15. The molecular weight excluding hydrogens is 288 g/mol. The number of carbonyl (C=O) groups excluding carboxylic acids is 1. The minimum atomic E-state index is -0.792. The van der Waals surface area contributed by atoms with Crippen LogP contribution in [0.1, 0.15) is 47.0 Å². The quantitative estimate of drug-likeness (QED) is 0.863. The molecule has 1 fully saturated rings. The maximum atomic E-state index is 12.1. The lowest BCUT2D eigenvalue weighted by Crippen LogP contribution is -2.39. The summed E-state index contributed by atoms with van der Waals surface area (Å²) in [4.78, 5) is 13.9. The van der Waals surface area contributed by atoms with E-state index in [9.17, 15) is 9.00 Å². The third kappa shape index (κ3) is 7.27. The summed E-state index contributed by atoms with van der Waals surface area (Å²) < 4.78 is 16.8. The number of nitrogens with zero attached hydrogens (tertiary/aromatic N) is 1. The lowest BCUT2D eigenvalue weighted by atomic mass is 10.1. The van der Waals surface area contributed by atoms with E-state index in [1.807, 2.05) is 27.7 Å². The molecule has 124 valence electrons. The molecule has 6 heteroatoms. The summed E-state index contributed by atoms with van der Waals surface area (Å²) in [6, 6.07) is 0.392. The summed E-state index contributed by atoms with van der Waals surface area (Å²) in [7, 11) is -0.792. The number of nitrogens with one attached hydrogen (secondary N) is 1. The summed E-state index contributed by atoms with van der Waals surface area (Å²) in [6.45, 7) is 9.89. The normalized spacial score (nSPS) is 23.3. The first-order valence-electron chi connectivity index (χ1n) is 7.72. The van der Waals surface area contributed by atoms with Gasteiger partial charge in [0.1, 0.15) is 5.60 Å². The third-order valence-corrected chi connectivity index (χ3v) is 4.94. The number of hydrogen-bond donors (Lipinski definition) is 1. The molecule has 0 spiro atoms. The molecule has 1 N–H and O–H groups in total. The molecule has 0 aromatic carbocycles. The van der Waals surface area contributed by atoms with Crippen LogP contribution in [0.25, 0.3) is 0 Å². The highest BCUT2D eigenvalue weighted by atomic mass is 32.2. The fraction of sp³-hybridized carbons (Fsp3) is 0.933. The van der Waals surface area contributed by atoms with Crippen LogP contribution >= 0.6 is 0 Å². The van der Waals surface area contributed by atoms with Crippen LogP contribution in [-0.4, -0.2) is 58.0 Å². The van der Waals surface area contributed by atoms with Crippen LogP contribution in [0.3, 0.4) is 0 Å². The van der Waals surface area contributed by atoms with Crippen molar-refractivity contribution in [2.75, 3.05) is 25.9 Å². The molecule has 0 aliphatic carbocycles. The number of amides is 1. The van der Waals surface area contributed by atoms with Crippen LogP contribution in [0.5, 0.6) is 0 Å². The Morgan fingerprint density at radius 3 is 2.62 bits per heavy atom. The Labute approximate surface area is 131 Å². The molecule has 1 saturated heterocycles. The van der Waals surface area contributed by atoms with Gasteiger partial charge in [0.15, 0.2) is 0 Å². The van der Waals surface area contributed by atoms with E-state index in [4.69, 9.17) is 4.74 Å². The fourth-order valence-electron chi connectivity index (χ4n) is 2.26. The zero-order valence-corrected chi connectivity index (χ0v) is 14.8. The molecule has 0 radical (unpaired) electrons. The number of likely N-dealkylation sites (tertiary alicyclic amines) is 1. The predicted octanol–water partition coefficient (Wildman–Crippen LogP) is 2.13. The van der Waals surface area contributed by atoms with E-state index in [0.29, 0.717) is 6.04 Å². The van der Waals surface area contributed by atoms with Crippen molar-refractivity contribution in [3.05, 3.63) is 0 Å². The first-order chi connectivity index (χ1) is 9.69. The van der Waals surface area contributed by atoms with Gasteiger partial charge < -0.3 is 15.0 Å². The number of hydrogen-bond acceptors (Lipinski definition) is 4. The summed E-state index contributed by atoms with van der Waals surface area (Å²) in [5.41, 5.74) is -0.443. The van der Waals surface area contributed by atoms with Crippen molar-refractivity contribution in [3.8, 4) is 0 Å². The van der Waals surface area contributed by atoms with Crippen molar-refractivity contribution in [2.45, 2.75) is 63.9 Å². The standard InChI is InChI=1S/C15H30N2O3S/c1-12(21(5)19)11-16-13-7-6-9-17(10-8-13)14(18)20-15(2,3)4/h12-13,16H,6-11H2,1-5H3/t12-,13+,21+/m1/s1. The Kier molecular flexibility index (Phi) is 7.13. The summed E-state index contributed by atoms with van der Waals surface area (Å²) in [5.74, 6) is 0. The minimum Gasteiger partial charge on any atom is -0.444 e. The highest BCUT2D eigenvalue weighted by molar-refractivity contribution is 7.84. The Morgan fingerprint density at radius 2 is 2.05 bits per heavy atom. The van der Waals surface area contributed by atoms with Gasteiger partial charge in [0, 0.05) is 48.0 Å². The molecular formula is C15H30N2O3S. The predicted molar refractivity (Wildman–Crippen MR) is 87.0 cm³/mol. The van der Waals surface area contributed by atoms with Crippen molar-refractivity contribution in [2.24, 2.45) is 0 Å². The van der Waals surface area contributed by atoms with Crippen molar-refractivity contribution in [1.82, 2.24) is 10.2 Å². The maximum Gasteiger partial charge on any atom is 0.410 e. The Morgan fingerprint density at radius 1 is 1.38 bits per heavy atom. The molecule has 0 aromatic rings. The van der Waals surface area contributed by atoms with Crippen LogP contribution < -0.4 is 5.32 Å². The van der Waals surface area contributed by atoms with Gasteiger partial charge in [-0.2, -0.15) is 0 Å². The van der Waals surface area contributed by atoms with Crippen LogP contribution in [0.4, 0.5) is 4.79 Å². The lowest BCUT2D eigenvalue weighted by molar-refractivity contribution is 0.0256. The number of rotatable bonds is 4. The fourth-order valence-corrected chi connectivity index (χ4v) is 2.59. The van der Waals surface area contributed by atoms with E-state index < -0.39 is 16.4 Å². The van der Waals surface area contributed by atoms with Gasteiger partial charge >= 0.3 is 6.09 Å². The van der Waals surface area contributed by atoms with Crippen LogP contribution in [-0.2, 0) is 15.5 Å². The first-order valence-corrected chi connectivity index (χ1v) is 9.34. The maximum absolute atomic E-state index is 12.1. The van der Waals surface area contributed by atoms with Gasteiger partial charge in [-0.25, -0.2) is 4.79 Å². The molecule has 0 unspecified atom stereocenters. The van der Waals surface area contributed by atoms with Gasteiger partial charge in [-0.15, -0.1) is 0 Å². The molecule has 5 nitrogen and oxygen atoms in total. The molecule has 1 aliphatic rings. The van der Waals surface area contributed by atoms with E-state index in [1.54, 1.807) is 11.2 Å². The average Bonchev–Trinajstić information content (AvgIpc) is 2.59. The lowest BCUT2D eigenvalue weighted by Gasteiger charge is -2.26. The molecule has 0 bridgehead atoms. The SMILES string of the molecule is C[C@H](CN[C@H]1CCCN(C(=O)OC(C)(C)C)CC1)[S@](C)=O. The molecule has 0 saturated carbocycles. The Hall–Kier alpha value is -0.620. The summed E-state index contributed by atoms with van der Waals surface area (Å²) in [5, 5.41) is 3.64. The topological polar surface area (TPSA) is 58.6 Å². The van der Waals surface area contributed by atoms with Crippen LogP contribution in [0.15, 0.2) is 0 Å². The van der Waals surface area contributed by atoms with Crippen molar-refractivity contribution >= 4 is 16.9 Å². The second-order valence-electron chi connectivity index (χ2n) is 6.81. The molecule has 21 heavy (non-hydrogen) atoms. The first kappa shape index (κ1) is 18.4. The minimum absolute atomic E-state index is 0.162. The Bertz CT molecular complexity index is 368. The highest BCUT2D eigenvalue weighted by Gasteiger charge is 2.25. The monoisotopic (exact) mass is 318 g/mol. The van der Waals surface area contributed by atoms with Crippen molar-refractivity contribution in [3.63, 3.8) is 0 Å². The summed E-state index contributed by atoms with van der Waals surface area (Å²) in [6.07, 6.45) is 4.46. The molecule has 0 aromatic heterocycles. The van der Waals surface area contributed by atoms with E-state index in [0.717, 1.165) is 38.9 Å². The second kappa shape index (κ2) is 8.13. The van der Waals surface area contributed by atoms with Gasteiger partial charge in [0.2, 0.25) is 0 Å². The van der Waals surface area contributed by atoms with Gasteiger partial charge in [0.05, 0.1) is 0 Å². The number of ether oxygens (including phenoxy) is 1. The van der Waals surface area contributed by atoms with Crippen molar-refractivity contribution < 1.29 is 13.7 Å². The molecule has 1 aliphatic heterocycles. The van der Waals surface area contributed by atoms with Gasteiger partial charge in [0.25, 0.3) is 0 Å². The molecule has 1 rings (SSSR count). The average molecular weight is 318 g/mol. The smallest absolute Gasteiger partial charge is 0.410 e. The van der Waals surface area contributed by atoms with Crippen molar-refractivity contribution in [1.29, 1.82) is 0 Å². The van der Waals surface area contributed by atoms with Gasteiger partial charge in [-0.05, 0) is 47.0 Å². The third-order valence-electron chi connectivity index (χ3n) is 3.64. The van der Waals surface area contributed by atoms with Crippen LogP contribution in [0, 0.1) is 0 Å². The second-order valence-corrected chi connectivity index (χ2v) is 8.61. The molecule has 1 heterocycles. The molecule has 1 amide bonds. The largest absolute Gasteiger partial charge is 0.444 e. The van der Waals surface area contributed by atoms with Gasteiger partial charge in [-0.3, -0.25) is 4.21 Å². The van der Waals surface area contributed by atoms with E-state index in [1.165, 1.54) is 0 Å². The van der Waals surface area contributed by atoms with E-state index in [-0.39, 0.29) is 11.3 Å². The zero-order chi connectivity index (χ0) is 16.0. The Balaban J connectivity index is 2.40. The summed E-state index contributed by atoms with van der Waals surface area (Å²) >= 11 is 0. The number of carbonyl (C=O) groups is 1. The van der Waals surface area contributed by atoms with E-state index in [2.05, 4.69) is 5.32 Å². The van der Waals surface area contributed by atoms with Crippen LogP contribution in [0.2, 0.25) is 0 Å². The zero-order valence-electron chi connectivity index (χ0n) is 14.0. The van der Waals surface area contributed by atoms with E-state index >= 15 is 0 Å². The molecule has 3 atom stereocenters.